The number of thiophene rings is 1. The molecule has 1 fully saturated rings. The van der Waals surface area contributed by atoms with E-state index in [1.54, 1.807) is 13.0 Å². The minimum Gasteiger partial charge on any atom is -0.340 e. The number of nitrogens with zero attached hydrogens (tertiary/aromatic N) is 2. The van der Waals surface area contributed by atoms with Crippen LogP contribution in [-0.4, -0.2) is 40.8 Å². The van der Waals surface area contributed by atoms with Crippen LogP contribution in [0.5, 0.6) is 0 Å². The topological polar surface area (TPSA) is 74.3 Å². The highest BCUT2D eigenvalue weighted by Crippen LogP contribution is 2.21. The van der Waals surface area contributed by atoms with Crippen molar-refractivity contribution in [3.05, 3.63) is 33.5 Å². The quantitative estimate of drug-likeness (QED) is 0.792. The van der Waals surface area contributed by atoms with Crippen molar-refractivity contribution in [3.63, 3.8) is 0 Å². The minimum absolute atomic E-state index is 0.235. The smallest absolute Gasteiger partial charge is 0.261 e. The van der Waals surface area contributed by atoms with Crippen molar-refractivity contribution in [2.24, 2.45) is 5.92 Å². The monoisotopic (exact) mass is 392 g/mol. The number of hydrogen-bond acceptors (Lipinski definition) is 6. The number of rotatable bonds is 6. The molecule has 2 aromatic heterocycles. The zero-order chi connectivity index (χ0) is 18.5. The van der Waals surface area contributed by atoms with Crippen LogP contribution < -0.4 is 10.6 Å². The van der Waals surface area contributed by atoms with E-state index in [1.807, 2.05) is 16.8 Å². The van der Waals surface area contributed by atoms with Crippen LogP contribution >= 0.6 is 22.7 Å². The summed E-state index contributed by atoms with van der Waals surface area (Å²) in [5, 5.41) is 9.90. The molecular formula is C18H24N4O2S2. The number of carbonyl (C=O) groups excluding carboxylic acids is 2. The van der Waals surface area contributed by atoms with Gasteiger partial charge in [0, 0.05) is 18.5 Å². The normalized spacial score (nSPS) is 19.1. The number of carbonyl (C=O) groups is 2. The average Bonchev–Trinajstić information content (AvgIpc) is 3.27. The standard InChI is InChI=1S/C18H24N4O2S2/c1-12-5-3-7-22(9-12)10-14-11-26-18(20-14)21-16(23)13(2)19-17(24)15-6-4-8-25-15/h4,6,8,11-13H,3,5,7,9-10H2,1-2H3,(H,19,24)(H,20,21,23). The van der Waals surface area contributed by atoms with Gasteiger partial charge in [0.2, 0.25) is 5.91 Å². The molecule has 3 rings (SSSR count). The molecule has 2 unspecified atom stereocenters. The molecular weight excluding hydrogens is 368 g/mol. The summed E-state index contributed by atoms with van der Waals surface area (Å²) in [6, 6.07) is 2.92. The number of thiazole rings is 1. The van der Waals surface area contributed by atoms with Gasteiger partial charge < -0.3 is 10.6 Å². The Kier molecular flexibility index (Phi) is 6.39. The number of hydrogen-bond donors (Lipinski definition) is 2. The van der Waals surface area contributed by atoms with Gasteiger partial charge in [0.1, 0.15) is 6.04 Å². The molecule has 0 saturated carbocycles. The molecule has 0 aliphatic carbocycles. The third-order valence-electron chi connectivity index (χ3n) is 4.39. The van der Waals surface area contributed by atoms with Gasteiger partial charge in [0.15, 0.2) is 5.13 Å². The lowest BCUT2D eigenvalue weighted by molar-refractivity contribution is -0.117. The number of anilines is 1. The van der Waals surface area contributed by atoms with Crippen LogP contribution in [-0.2, 0) is 11.3 Å². The molecule has 2 atom stereocenters. The highest BCUT2D eigenvalue weighted by molar-refractivity contribution is 7.14. The Morgan fingerprint density at radius 3 is 3.00 bits per heavy atom. The lowest BCUT2D eigenvalue weighted by atomic mass is 10.0. The predicted octanol–water partition coefficient (Wildman–Crippen LogP) is 3.19. The molecule has 1 aliphatic rings. The van der Waals surface area contributed by atoms with Crippen molar-refractivity contribution >= 4 is 39.6 Å². The number of likely N-dealkylation sites (tertiary alicyclic amines) is 1. The molecule has 26 heavy (non-hydrogen) atoms. The first-order valence-corrected chi connectivity index (χ1v) is 10.6. The van der Waals surface area contributed by atoms with E-state index in [2.05, 4.69) is 27.4 Å². The van der Waals surface area contributed by atoms with Crippen molar-refractivity contribution in [2.45, 2.75) is 39.3 Å². The summed E-state index contributed by atoms with van der Waals surface area (Å²) < 4.78 is 0. The van der Waals surface area contributed by atoms with Gasteiger partial charge >= 0.3 is 0 Å². The molecule has 2 aromatic rings. The van der Waals surface area contributed by atoms with Gasteiger partial charge in [-0.25, -0.2) is 4.98 Å². The van der Waals surface area contributed by atoms with Crippen molar-refractivity contribution in [1.82, 2.24) is 15.2 Å². The van der Waals surface area contributed by atoms with Crippen LogP contribution in [0.1, 0.15) is 42.1 Å². The zero-order valence-corrected chi connectivity index (χ0v) is 16.7. The summed E-state index contributed by atoms with van der Waals surface area (Å²) in [5.41, 5.74) is 0.981. The Hall–Kier alpha value is -1.77. The van der Waals surface area contributed by atoms with E-state index < -0.39 is 6.04 Å². The molecule has 1 saturated heterocycles. The van der Waals surface area contributed by atoms with Crippen molar-refractivity contribution in [3.8, 4) is 0 Å². The second-order valence-corrected chi connectivity index (χ2v) is 8.59. The maximum Gasteiger partial charge on any atom is 0.261 e. The van der Waals surface area contributed by atoms with Crippen LogP contribution in [0.15, 0.2) is 22.9 Å². The number of piperidine rings is 1. The highest BCUT2D eigenvalue weighted by Gasteiger charge is 2.20. The summed E-state index contributed by atoms with van der Waals surface area (Å²) in [6.45, 7) is 6.98. The van der Waals surface area contributed by atoms with E-state index >= 15 is 0 Å². The van der Waals surface area contributed by atoms with Crippen LogP contribution in [0.2, 0.25) is 0 Å². The van der Waals surface area contributed by atoms with Crippen molar-refractivity contribution in [1.29, 1.82) is 0 Å². The summed E-state index contributed by atoms with van der Waals surface area (Å²) >= 11 is 2.77. The minimum atomic E-state index is -0.625. The van der Waals surface area contributed by atoms with Gasteiger partial charge in [-0.1, -0.05) is 13.0 Å². The Labute approximate surface area is 161 Å². The van der Waals surface area contributed by atoms with Crippen LogP contribution in [0, 0.1) is 5.92 Å². The molecule has 2 N–H and O–H groups in total. The fraction of sp³-hybridized carbons (Fsp3) is 0.500. The Bertz CT molecular complexity index is 744. The maximum atomic E-state index is 12.3. The molecule has 0 spiro atoms. The van der Waals surface area contributed by atoms with E-state index in [-0.39, 0.29) is 11.8 Å². The summed E-state index contributed by atoms with van der Waals surface area (Å²) in [6.07, 6.45) is 2.53. The lowest BCUT2D eigenvalue weighted by Gasteiger charge is -2.30. The van der Waals surface area contributed by atoms with E-state index in [0.29, 0.717) is 10.0 Å². The van der Waals surface area contributed by atoms with Gasteiger partial charge in [-0.3, -0.25) is 14.5 Å². The van der Waals surface area contributed by atoms with Crippen LogP contribution in [0.4, 0.5) is 5.13 Å². The van der Waals surface area contributed by atoms with E-state index in [4.69, 9.17) is 0 Å². The van der Waals surface area contributed by atoms with Crippen LogP contribution in [0.3, 0.4) is 0 Å². The molecule has 0 bridgehead atoms. The van der Waals surface area contributed by atoms with Crippen molar-refractivity contribution < 1.29 is 9.59 Å². The molecule has 6 nitrogen and oxygen atoms in total. The molecule has 8 heteroatoms. The lowest BCUT2D eigenvalue weighted by Crippen LogP contribution is -2.41. The largest absolute Gasteiger partial charge is 0.340 e. The van der Waals surface area contributed by atoms with Gasteiger partial charge in [-0.2, -0.15) is 0 Å². The van der Waals surface area contributed by atoms with Crippen molar-refractivity contribution in [2.75, 3.05) is 18.4 Å². The highest BCUT2D eigenvalue weighted by atomic mass is 32.1. The van der Waals surface area contributed by atoms with Crippen LogP contribution in [0.25, 0.3) is 0 Å². The van der Waals surface area contributed by atoms with E-state index in [1.165, 1.54) is 35.5 Å². The molecule has 2 amide bonds. The van der Waals surface area contributed by atoms with Gasteiger partial charge in [0.05, 0.1) is 10.6 Å². The number of amides is 2. The maximum absolute atomic E-state index is 12.3. The summed E-state index contributed by atoms with van der Waals surface area (Å²) in [7, 11) is 0. The third-order valence-corrected chi connectivity index (χ3v) is 6.07. The Morgan fingerprint density at radius 1 is 1.42 bits per heavy atom. The predicted molar refractivity (Wildman–Crippen MR) is 106 cm³/mol. The fourth-order valence-corrected chi connectivity index (χ4v) is 4.38. The number of nitrogens with one attached hydrogen (secondary N) is 2. The summed E-state index contributed by atoms with van der Waals surface area (Å²) in [4.78, 5) is 31.8. The number of aromatic nitrogens is 1. The van der Waals surface area contributed by atoms with Gasteiger partial charge in [-0.15, -0.1) is 22.7 Å². The van der Waals surface area contributed by atoms with Gasteiger partial charge in [-0.05, 0) is 43.7 Å². The Morgan fingerprint density at radius 2 is 2.27 bits per heavy atom. The first-order chi connectivity index (χ1) is 12.5. The Balaban J connectivity index is 1.49. The molecule has 0 radical (unpaired) electrons. The SMILES string of the molecule is CC1CCCN(Cc2csc(NC(=O)C(C)NC(=O)c3cccs3)n2)C1. The molecule has 0 aromatic carbocycles. The molecule has 140 valence electrons. The van der Waals surface area contributed by atoms with E-state index in [0.717, 1.165) is 31.2 Å². The second-order valence-electron chi connectivity index (χ2n) is 6.79. The fourth-order valence-electron chi connectivity index (χ4n) is 3.05. The summed E-state index contributed by atoms with van der Waals surface area (Å²) in [5.74, 6) is 0.235. The second kappa shape index (κ2) is 8.75. The first-order valence-electron chi connectivity index (χ1n) is 8.83. The van der Waals surface area contributed by atoms with Gasteiger partial charge in [0.25, 0.3) is 5.91 Å². The zero-order valence-electron chi connectivity index (χ0n) is 15.0. The third kappa shape index (κ3) is 5.12. The molecule has 3 heterocycles. The molecule has 1 aliphatic heterocycles. The van der Waals surface area contributed by atoms with E-state index in [9.17, 15) is 9.59 Å². The average molecular weight is 393 g/mol. The first kappa shape index (κ1) is 19.0.